The summed E-state index contributed by atoms with van der Waals surface area (Å²) in [6, 6.07) is 13.5. The van der Waals surface area contributed by atoms with Gasteiger partial charge in [0, 0.05) is 19.0 Å². The van der Waals surface area contributed by atoms with E-state index >= 15 is 0 Å². The molecule has 1 unspecified atom stereocenters. The predicted molar refractivity (Wildman–Crippen MR) is 132 cm³/mol. The summed E-state index contributed by atoms with van der Waals surface area (Å²) >= 11 is 0. The van der Waals surface area contributed by atoms with Crippen LogP contribution in [0.2, 0.25) is 0 Å². The normalized spacial score (nSPS) is 16.0. The average Bonchev–Trinajstić information content (AvgIpc) is 3.29. The number of methoxy groups -OCH3 is 1. The van der Waals surface area contributed by atoms with Crippen LogP contribution in [0, 0.1) is 13.8 Å². The lowest BCUT2D eigenvalue weighted by Gasteiger charge is -2.32. The molecule has 4 aromatic rings. The molecule has 5 rings (SSSR count). The van der Waals surface area contributed by atoms with Gasteiger partial charge < -0.3 is 14.6 Å². The topological polar surface area (TPSA) is 106 Å². The van der Waals surface area contributed by atoms with E-state index < -0.39 is 0 Å². The number of H-pyrrole nitrogens is 1. The van der Waals surface area contributed by atoms with Crippen LogP contribution in [0.15, 0.2) is 47.3 Å². The predicted octanol–water partition coefficient (Wildman–Crippen LogP) is 3.21. The first-order valence-electron chi connectivity index (χ1n) is 11.8. The van der Waals surface area contributed by atoms with Gasteiger partial charge in [-0.05, 0) is 49.9 Å². The molecule has 1 aliphatic rings. The van der Waals surface area contributed by atoms with Gasteiger partial charge in [-0.3, -0.25) is 9.59 Å². The molecule has 1 atom stereocenters. The standard InChI is InChI=1S/C26H28N6O3/c1-16-10-11-17(2)19(13-16)15-32-24-22(29-30-32)25(33)28-23(27-24)18-7-6-12-31(14-18)26(34)20-8-4-5-9-21(20)35-3/h4-5,8-11,13,18H,6-7,12,14-15H2,1-3H3,(H,27,28,33). The van der Waals surface area contributed by atoms with Crippen molar-refractivity contribution in [2.75, 3.05) is 20.2 Å². The van der Waals surface area contributed by atoms with E-state index in [4.69, 9.17) is 9.72 Å². The summed E-state index contributed by atoms with van der Waals surface area (Å²) in [4.78, 5) is 35.6. The zero-order chi connectivity index (χ0) is 24.5. The molecule has 0 bridgehead atoms. The lowest BCUT2D eigenvalue weighted by atomic mass is 9.96. The number of ether oxygens (including phenoxy) is 1. The maximum Gasteiger partial charge on any atom is 0.281 e. The van der Waals surface area contributed by atoms with Gasteiger partial charge in [-0.2, -0.15) is 0 Å². The highest BCUT2D eigenvalue weighted by Gasteiger charge is 2.29. The molecule has 2 aromatic heterocycles. The van der Waals surface area contributed by atoms with Gasteiger partial charge in [-0.1, -0.05) is 41.1 Å². The Morgan fingerprint density at radius 2 is 2.03 bits per heavy atom. The van der Waals surface area contributed by atoms with E-state index in [-0.39, 0.29) is 22.9 Å². The fourth-order valence-corrected chi connectivity index (χ4v) is 4.69. The van der Waals surface area contributed by atoms with E-state index in [1.165, 1.54) is 0 Å². The maximum atomic E-state index is 13.2. The van der Waals surface area contributed by atoms with Crippen LogP contribution in [0.3, 0.4) is 0 Å². The van der Waals surface area contributed by atoms with Crippen molar-refractivity contribution in [1.29, 1.82) is 0 Å². The van der Waals surface area contributed by atoms with Crippen LogP contribution >= 0.6 is 0 Å². The molecule has 1 saturated heterocycles. The van der Waals surface area contributed by atoms with Crippen molar-refractivity contribution in [1.82, 2.24) is 29.9 Å². The third kappa shape index (κ3) is 4.41. The second-order valence-electron chi connectivity index (χ2n) is 9.09. The van der Waals surface area contributed by atoms with Gasteiger partial charge >= 0.3 is 0 Å². The molecule has 1 N–H and O–H groups in total. The van der Waals surface area contributed by atoms with Crippen LogP contribution in [0.5, 0.6) is 5.75 Å². The highest BCUT2D eigenvalue weighted by atomic mass is 16.5. The SMILES string of the molecule is COc1ccccc1C(=O)N1CCCC(c2nc3c(nnn3Cc3cc(C)ccc3C)c(=O)[nH]2)C1. The molecular formula is C26H28N6O3. The molecule has 0 spiro atoms. The Balaban J connectivity index is 1.44. The Bertz CT molecular complexity index is 1460. The molecule has 3 heterocycles. The summed E-state index contributed by atoms with van der Waals surface area (Å²) in [5, 5.41) is 8.30. The van der Waals surface area contributed by atoms with Crippen LogP contribution in [0.25, 0.3) is 11.2 Å². The first-order valence-corrected chi connectivity index (χ1v) is 11.8. The van der Waals surface area contributed by atoms with Crippen molar-refractivity contribution in [2.45, 2.75) is 39.2 Å². The summed E-state index contributed by atoms with van der Waals surface area (Å²) in [6.45, 7) is 5.68. The summed E-state index contributed by atoms with van der Waals surface area (Å²) in [5.74, 6) is 0.930. The number of aromatic amines is 1. The van der Waals surface area contributed by atoms with Gasteiger partial charge in [-0.15, -0.1) is 5.10 Å². The minimum atomic E-state index is -0.314. The van der Waals surface area contributed by atoms with Gasteiger partial charge in [0.05, 0.1) is 19.2 Å². The molecule has 180 valence electrons. The molecule has 35 heavy (non-hydrogen) atoms. The number of carbonyl (C=O) groups excluding carboxylic acids is 1. The maximum absolute atomic E-state index is 13.2. The Hall–Kier alpha value is -4.01. The number of amides is 1. The van der Waals surface area contributed by atoms with Gasteiger partial charge in [0.2, 0.25) is 0 Å². The fourth-order valence-electron chi connectivity index (χ4n) is 4.69. The van der Waals surface area contributed by atoms with Crippen LogP contribution in [-0.4, -0.2) is 56.0 Å². The molecule has 1 amide bonds. The van der Waals surface area contributed by atoms with Crippen molar-refractivity contribution >= 4 is 17.1 Å². The van der Waals surface area contributed by atoms with E-state index in [1.54, 1.807) is 23.9 Å². The summed E-state index contributed by atoms with van der Waals surface area (Å²) in [7, 11) is 1.56. The molecule has 9 nitrogen and oxygen atoms in total. The molecule has 0 saturated carbocycles. The van der Waals surface area contributed by atoms with Gasteiger partial charge in [-0.25, -0.2) is 9.67 Å². The van der Waals surface area contributed by atoms with Gasteiger partial charge in [0.1, 0.15) is 11.6 Å². The second kappa shape index (κ2) is 9.32. The van der Waals surface area contributed by atoms with Crippen molar-refractivity contribution < 1.29 is 9.53 Å². The Labute approximate surface area is 202 Å². The number of carbonyl (C=O) groups is 1. The Morgan fingerprint density at radius 3 is 2.86 bits per heavy atom. The van der Waals surface area contributed by atoms with Crippen LogP contribution in [-0.2, 0) is 6.54 Å². The van der Waals surface area contributed by atoms with Crippen molar-refractivity contribution in [3.8, 4) is 5.75 Å². The zero-order valence-electron chi connectivity index (χ0n) is 20.1. The number of hydrogen-bond donors (Lipinski definition) is 1. The molecule has 2 aromatic carbocycles. The summed E-state index contributed by atoms with van der Waals surface area (Å²) < 4.78 is 7.05. The third-order valence-electron chi connectivity index (χ3n) is 6.65. The molecule has 1 fully saturated rings. The minimum absolute atomic E-state index is 0.0859. The highest BCUT2D eigenvalue weighted by Crippen LogP contribution is 2.28. The van der Waals surface area contributed by atoms with Crippen LogP contribution in [0.4, 0.5) is 0 Å². The van der Waals surface area contributed by atoms with Crippen molar-refractivity contribution in [2.24, 2.45) is 0 Å². The summed E-state index contributed by atoms with van der Waals surface area (Å²) in [6.07, 6.45) is 1.63. The zero-order valence-corrected chi connectivity index (χ0v) is 20.1. The van der Waals surface area contributed by atoms with Crippen LogP contribution < -0.4 is 10.3 Å². The monoisotopic (exact) mass is 472 g/mol. The lowest BCUT2D eigenvalue weighted by molar-refractivity contribution is 0.0701. The van der Waals surface area contributed by atoms with Crippen molar-refractivity contribution in [3.63, 3.8) is 0 Å². The fraction of sp³-hybridized carbons (Fsp3) is 0.346. The number of nitrogens with one attached hydrogen (secondary N) is 1. The molecule has 9 heteroatoms. The van der Waals surface area contributed by atoms with Gasteiger partial charge in [0.25, 0.3) is 11.5 Å². The first kappa shape index (κ1) is 22.8. The third-order valence-corrected chi connectivity index (χ3v) is 6.65. The number of aromatic nitrogens is 5. The molecular weight excluding hydrogens is 444 g/mol. The van der Waals surface area contributed by atoms with E-state index in [0.29, 0.717) is 42.4 Å². The average molecular weight is 473 g/mol. The first-order chi connectivity index (χ1) is 16.9. The number of likely N-dealkylation sites (tertiary alicyclic amines) is 1. The summed E-state index contributed by atoms with van der Waals surface area (Å²) in [5.41, 5.74) is 4.29. The molecule has 1 aliphatic heterocycles. The second-order valence-corrected chi connectivity index (χ2v) is 9.09. The Morgan fingerprint density at radius 1 is 1.20 bits per heavy atom. The quantitative estimate of drug-likeness (QED) is 0.478. The van der Waals surface area contributed by atoms with E-state index in [9.17, 15) is 9.59 Å². The van der Waals surface area contributed by atoms with Crippen molar-refractivity contribution in [3.05, 3.63) is 80.9 Å². The smallest absolute Gasteiger partial charge is 0.281 e. The molecule has 0 radical (unpaired) electrons. The highest BCUT2D eigenvalue weighted by molar-refractivity contribution is 5.97. The number of aryl methyl sites for hydroxylation is 2. The minimum Gasteiger partial charge on any atom is -0.496 e. The number of benzene rings is 2. The number of para-hydroxylation sites is 1. The number of nitrogens with zero attached hydrogens (tertiary/aromatic N) is 5. The van der Waals surface area contributed by atoms with E-state index in [0.717, 1.165) is 29.5 Å². The number of rotatable bonds is 5. The van der Waals surface area contributed by atoms with Crippen LogP contribution in [0.1, 0.15) is 51.6 Å². The van der Waals surface area contributed by atoms with Gasteiger partial charge in [0.15, 0.2) is 11.2 Å². The molecule has 0 aliphatic carbocycles. The number of piperidine rings is 1. The number of fused-ring (bicyclic) bond motifs is 1. The number of hydrogen-bond acceptors (Lipinski definition) is 6. The van der Waals surface area contributed by atoms with E-state index in [1.807, 2.05) is 24.0 Å². The lowest BCUT2D eigenvalue weighted by Crippen LogP contribution is -2.40. The van der Waals surface area contributed by atoms with E-state index in [2.05, 4.69) is 40.4 Å². The largest absolute Gasteiger partial charge is 0.496 e. The Kier molecular flexibility index (Phi) is 6.07.